The summed E-state index contributed by atoms with van der Waals surface area (Å²) in [5.41, 5.74) is -1.56. The molecule has 3 N–H and O–H groups in total. The number of sulfonamides is 1. The standard InChI is InChI=1S/C6H13NO5S/c1-6(10,3-5(8)9)4-7-13(2,11)12/h7,10H,3-4H2,1-2H3,(H,8,9). The van der Waals surface area contributed by atoms with Gasteiger partial charge in [-0.05, 0) is 6.92 Å². The molecule has 6 nitrogen and oxygen atoms in total. The summed E-state index contributed by atoms with van der Waals surface area (Å²) in [6.07, 6.45) is 0.430. The number of rotatable bonds is 5. The van der Waals surface area contributed by atoms with Gasteiger partial charge in [0.25, 0.3) is 0 Å². The second-order valence-corrected chi connectivity index (χ2v) is 4.99. The van der Waals surface area contributed by atoms with E-state index in [-0.39, 0.29) is 6.54 Å². The molecule has 0 fully saturated rings. The number of carboxylic acid groups (broad SMARTS) is 1. The number of nitrogens with one attached hydrogen (secondary N) is 1. The normalized spacial score (nSPS) is 16.5. The third-order valence-corrected chi connectivity index (χ3v) is 1.92. The van der Waals surface area contributed by atoms with Gasteiger partial charge in [0.15, 0.2) is 0 Å². The Bertz CT molecular complexity index is 281. The van der Waals surface area contributed by atoms with E-state index >= 15 is 0 Å². The summed E-state index contributed by atoms with van der Waals surface area (Å²) in [6, 6.07) is 0. The molecule has 13 heavy (non-hydrogen) atoms. The summed E-state index contributed by atoms with van der Waals surface area (Å²) >= 11 is 0. The Balaban J connectivity index is 4.11. The van der Waals surface area contributed by atoms with E-state index < -0.39 is 28.0 Å². The summed E-state index contributed by atoms with van der Waals surface area (Å²) in [4.78, 5) is 10.2. The van der Waals surface area contributed by atoms with Crippen LogP contribution >= 0.6 is 0 Å². The Labute approximate surface area is 76.6 Å². The zero-order chi connectivity index (χ0) is 10.7. The molecule has 0 bridgehead atoms. The van der Waals surface area contributed by atoms with Crippen LogP contribution in [0.15, 0.2) is 0 Å². The SMILES string of the molecule is CC(O)(CNS(C)(=O)=O)CC(=O)O. The fraction of sp³-hybridized carbons (Fsp3) is 0.833. The lowest BCUT2D eigenvalue weighted by atomic mass is 10.0. The number of hydrogen-bond donors (Lipinski definition) is 3. The van der Waals surface area contributed by atoms with Crippen molar-refractivity contribution in [2.45, 2.75) is 18.9 Å². The van der Waals surface area contributed by atoms with Gasteiger partial charge in [0, 0.05) is 6.54 Å². The van der Waals surface area contributed by atoms with E-state index in [0.29, 0.717) is 0 Å². The van der Waals surface area contributed by atoms with Gasteiger partial charge in [0.2, 0.25) is 10.0 Å². The second kappa shape index (κ2) is 4.03. The summed E-state index contributed by atoms with van der Waals surface area (Å²) < 4.78 is 23.2. The Hall–Kier alpha value is -0.660. The van der Waals surface area contributed by atoms with Crippen molar-refractivity contribution in [3.63, 3.8) is 0 Å². The van der Waals surface area contributed by atoms with Crippen molar-refractivity contribution in [1.29, 1.82) is 0 Å². The van der Waals surface area contributed by atoms with Crippen molar-refractivity contribution in [3.8, 4) is 0 Å². The van der Waals surface area contributed by atoms with Gasteiger partial charge in [0.1, 0.15) is 0 Å². The van der Waals surface area contributed by atoms with Crippen LogP contribution in [0, 0.1) is 0 Å². The summed E-state index contributed by atoms with van der Waals surface area (Å²) in [7, 11) is -3.40. The molecule has 0 radical (unpaired) electrons. The summed E-state index contributed by atoms with van der Waals surface area (Å²) in [5.74, 6) is -1.18. The zero-order valence-electron chi connectivity index (χ0n) is 7.44. The third-order valence-electron chi connectivity index (χ3n) is 1.25. The van der Waals surface area contributed by atoms with Crippen molar-refractivity contribution in [2.24, 2.45) is 0 Å². The highest BCUT2D eigenvalue weighted by atomic mass is 32.2. The van der Waals surface area contributed by atoms with Crippen molar-refractivity contribution in [1.82, 2.24) is 4.72 Å². The van der Waals surface area contributed by atoms with Crippen LogP contribution in [-0.4, -0.2) is 43.0 Å². The fourth-order valence-corrected chi connectivity index (χ4v) is 1.25. The fourth-order valence-electron chi connectivity index (χ4n) is 0.675. The largest absolute Gasteiger partial charge is 0.481 e. The van der Waals surface area contributed by atoms with Gasteiger partial charge in [-0.15, -0.1) is 0 Å². The predicted molar refractivity (Wildman–Crippen MR) is 45.7 cm³/mol. The first-order chi connectivity index (χ1) is 5.62. The Morgan fingerprint density at radius 2 is 2.00 bits per heavy atom. The molecule has 0 aliphatic heterocycles. The van der Waals surface area contributed by atoms with Gasteiger partial charge < -0.3 is 10.2 Å². The molecular formula is C6H13NO5S. The lowest BCUT2D eigenvalue weighted by Gasteiger charge is -2.20. The van der Waals surface area contributed by atoms with E-state index in [9.17, 15) is 18.3 Å². The maximum absolute atomic E-state index is 10.6. The molecule has 0 aromatic carbocycles. The van der Waals surface area contributed by atoms with Crippen LogP contribution in [0.3, 0.4) is 0 Å². The zero-order valence-corrected chi connectivity index (χ0v) is 8.26. The topological polar surface area (TPSA) is 104 Å². The van der Waals surface area contributed by atoms with Gasteiger partial charge in [-0.25, -0.2) is 13.1 Å². The molecule has 0 saturated heterocycles. The maximum atomic E-state index is 10.6. The first-order valence-corrected chi connectivity index (χ1v) is 5.40. The predicted octanol–water partition coefficient (Wildman–Crippen LogP) is -1.24. The van der Waals surface area contributed by atoms with Crippen LogP contribution in [0.5, 0.6) is 0 Å². The van der Waals surface area contributed by atoms with Crippen molar-refractivity contribution >= 4 is 16.0 Å². The van der Waals surface area contributed by atoms with Gasteiger partial charge in [-0.1, -0.05) is 0 Å². The number of carbonyl (C=O) groups is 1. The van der Waals surface area contributed by atoms with Gasteiger partial charge in [-0.3, -0.25) is 4.79 Å². The smallest absolute Gasteiger partial charge is 0.306 e. The highest BCUT2D eigenvalue weighted by molar-refractivity contribution is 7.88. The van der Waals surface area contributed by atoms with Crippen molar-refractivity contribution < 1.29 is 23.4 Å². The third kappa shape index (κ3) is 7.69. The van der Waals surface area contributed by atoms with Crippen LogP contribution in [0.1, 0.15) is 13.3 Å². The Morgan fingerprint density at radius 3 is 2.31 bits per heavy atom. The van der Waals surface area contributed by atoms with Crippen LogP contribution in [0.2, 0.25) is 0 Å². The summed E-state index contributed by atoms with van der Waals surface area (Å²) in [6.45, 7) is 0.942. The molecule has 78 valence electrons. The van der Waals surface area contributed by atoms with Crippen LogP contribution in [0.4, 0.5) is 0 Å². The minimum absolute atomic E-state index is 0.307. The van der Waals surface area contributed by atoms with Crippen molar-refractivity contribution in [2.75, 3.05) is 12.8 Å². The van der Waals surface area contributed by atoms with Crippen LogP contribution < -0.4 is 4.72 Å². The average molecular weight is 211 g/mol. The lowest BCUT2D eigenvalue weighted by Crippen LogP contribution is -2.41. The molecule has 0 saturated carbocycles. The van der Waals surface area contributed by atoms with E-state index in [4.69, 9.17) is 5.11 Å². The van der Waals surface area contributed by atoms with Crippen molar-refractivity contribution in [3.05, 3.63) is 0 Å². The van der Waals surface area contributed by atoms with Crippen LogP contribution in [-0.2, 0) is 14.8 Å². The minimum Gasteiger partial charge on any atom is -0.481 e. The molecular weight excluding hydrogens is 198 g/mol. The lowest BCUT2D eigenvalue weighted by molar-refractivity contribution is -0.141. The molecule has 0 aromatic rings. The first kappa shape index (κ1) is 12.3. The molecule has 1 atom stereocenters. The molecule has 0 aliphatic rings. The van der Waals surface area contributed by atoms with Gasteiger partial charge in [-0.2, -0.15) is 0 Å². The molecule has 1 unspecified atom stereocenters. The van der Waals surface area contributed by atoms with E-state index in [1.807, 2.05) is 4.72 Å². The molecule has 0 aromatic heterocycles. The second-order valence-electron chi connectivity index (χ2n) is 3.16. The van der Waals surface area contributed by atoms with E-state index in [2.05, 4.69) is 0 Å². The Morgan fingerprint density at radius 1 is 1.54 bits per heavy atom. The van der Waals surface area contributed by atoms with Crippen LogP contribution in [0.25, 0.3) is 0 Å². The van der Waals surface area contributed by atoms with Gasteiger partial charge >= 0.3 is 5.97 Å². The van der Waals surface area contributed by atoms with Gasteiger partial charge in [0.05, 0.1) is 18.3 Å². The molecule has 0 spiro atoms. The highest BCUT2D eigenvalue weighted by Gasteiger charge is 2.25. The number of aliphatic carboxylic acids is 1. The molecule has 0 amide bonds. The van der Waals surface area contributed by atoms with E-state index in [1.165, 1.54) is 6.92 Å². The highest BCUT2D eigenvalue weighted by Crippen LogP contribution is 2.07. The van der Waals surface area contributed by atoms with E-state index in [0.717, 1.165) is 6.26 Å². The maximum Gasteiger partial charge on any atom is 0.306 e. The molecule has 0 heterocycles. The quantitative estimate of drug-likeness (QED) is 0.527. The van der Waals surface area contributed by atoms with E-state index in [1.54, 1.807) is 0 Å². The minimum atomic E-state index is -3.40. The number of aliphatic hydroxyl groups is 1. The molecule has 7 heteroatoms. The number of hydrogen-bond acceptors (Lipinski definition) is 4. The molecule has 0 rings (SSSR count). The number of carboxylic acids is 1. The summed E-state index contributed by atoms with van der Waals surface area (Å²) in [5, 5.41) is 17.7. The monoisotopic (exact) mass is 211 g/mol. The molecule has 0 aliphatic carbocycles. The first-order valence-electron chi connectivity index (χ1n) is 3.51. The average Bonchev–Trinajstić information content (AvgIpc) is 1.79. The Kier molecular flexibility index (Phi) is 3.83.